The van der Waals surface area contributed by atoms with Gasteiger partial charge in [0.1, 0.15) is 0 Å². The minimum absolute atomic E-state index is 0.124. The van der Waals surface area contributed by atoms with E-state index in [9.17, 15) is 0 Å². The fourth-order valence-corrected chi connectivity index (χ4v) is 10.3. The van der Waals surface area contributed by atoms with E-state index in [0.29, 0.717) is 0 Å². The Bertz CT molecular complexity index is 3130. The molecule has 0 aliphatic heterocycles. The van der Waals surface area contributed by atoms with E-state index >= 15 is 0 Å². The van der Waals surface area contributed by atoms with Crippen molar-refractivity contribution in [1.82, 2.24) is 0 Å². The lowest BCUT2D eigenvalue weighted by Gasteiger charge is -2.29. The number of nitrogens with zero attached hydrogens (tertiary/aromatic N) is 1. The van der Waals surface area contributed by atoms with Gasteiger partial charge in [0.05, 0.1) is 10.4 Å². The van der Waals surface area contributed by atoms with Gasteiger partial charge in [-0.25, -0.2) is 0 Å². The van der Waals surface area contributed by atoms with Gasteiger partial charge < -0.3 is 4.90 Å². The van der Waals surface area contributed by atoms with Gasteiger partial charge in [0, 0.05) is 32.3 Å². The van der Waals surface area contributed by atoms with Gasteiger partial charge in [0.15, 0.2) is 0 Å². The van der Waals surface area contributed by atoms with Crippen molar-refractivity contribution in [3.8, 4) is 44.5 Å². The zero-order valence-corrected chi connectivity index (χ0v) is 32.7. The highest BCUT2D eigenvalue weighted by atomic mass is 32.1. The Balaban J connectivity index is 1.13. The molecule has 57 heavy (non-hydrogen) atoms. The second-order valence-corrected chi connectivity index (χ2v) is 16.8. The van der Waals surface area contributed by atoms with Gasteiger partial charge in [0.25, 0.3) is 0 Å². The van der Waals surface area contributed by atoms with Crippen molar-refractivity contribution < 1.29 is 0 Å². The summed E-state index contributed by atoms with van der Waals surface area (Å²) >= 11 is 1.88. The molecular formula is C55H39NS. The first kappa shape index (κ1) is 33.6. The molecule has 0 atom stereocenters. The number of rotatable bonds is 6. The molecule has 11 rings (SSSR count). The molecule has 0 radical (unpaired) electrons. The molecule has 1 aromatic heterocycles. The Labute approximate surface area is 337 Å². The molecule has 9 aromatic carbocycles. The number of benzene rings is 9. The molecule has 10 aromatic rings. The van der Waals surface area contributed by atoms with Gasteiger partial charge in [0.2, 0.25) is 0 Å². The third kappa shape index (κ3) is 5.51. The fraction of sp³-hybridized carbons (Fsp3) is 0.0545. The first-order chi connectivity index (χ1) is 28.0. The Morgan fingerprint density at radius 2 is 0.982 bits per heavy atom. The third-order valence-electron chi connectivity index (χ3n) is 12.1. The largest absolute Gasteiger partial charge is 0.309 e. The van der Waals surface area contributed by atoms with Crippen LogP contribution >= 0.6 is 11.3 Å². The van der Waals surface area contributed by atoms with Crippen LogP contribution in [0.1, 0.15) is 25.0 Å². The van der Waals surface area contributed by atoms with Crippen molar-refractivity contribution in [2.45, 2.75) is 19.3 Å². The summed E-state index contributed by atoms with van der Waals surface area (Å²) in [6, 6.07) is 73.9. The van der Waals surface area contributed by atoms with Crippen LogP contribution < -0.4 is 4.90 Å². The molecule has 270 valence electrons. The van der Waals surface area contributed by atoms with Gasteiger partial charge in [-0.1, -0.05) is 172 Å². The number of fused-ring (bicyclic) bond motifs is 7. The summed E-state index contributed by atoms with van der Waals surface area (Å²) in [5, 5.41) is 5.09. The van der Waals surface area contributed by atoms with Crippen molar-refractivity contribution >= 4 is 59.3 Å². The summed E-state index contributed by atoms with van der Waals surface area (Å²) in [7, 11) is 0. The average molecular weight is 746 g/mol. The van der Waals surface area contributed by atoms with Crippen LogP contribution in [0.15, 0.2) is 200 Å². The topological polar surface area (TPSA) is 3.24 Å². The minimum atomic E-state index is -0.124. The minimum Gasteiger partial charge on any atom is -0.309 e. The number of hydrogen-bond acceptors (Lipinski definition) is 2. The molecule has 0 amide bonds. The number of thiophene rings is 1. The Morgan fingerprint density at radius 3 is 1.81 bits per heavy atom. The average Bonchev–Trinajstić information content (AvgIpc) is 3.76. The highest BCUT2D eigenvalue weighted by molar-refractivity contribution is 7.26. The summed E-state index contributed by atoms with van der Waals surface area (Å²) in [5.74, 6) is 0. The molecule has 0 spiro atoms. The molecule has 1 nitrogen and oxygen atoms in total. The molecule has 0 saturated carbocycles. The number of hydrogen-bond donors (Lipinski definition) is 0. The molecule has 1 heterocycles. The molecule has 2 heteroatoms. The van der Waals surface area contributed by atoms with Gasteiger partial charge in [-0.05, 0) is 109 Å². The Kier molecular flexibility index (Phi) is 7.77. The van der Waals surface area contributed by atoms with Crippen LogP contribution in [0.4, 0.5) is 17.1 Å². The molecule has 0 N–H and O–H groups in total. The normalized spacial score (nSPS) is 12.9. The predicted molar refractivity (Wildman–Crippen MR) is 245 cm³/mol. The third-order valence-corrected chi connectivity index (χ3v) is 13.3. The zero-order valence-electron chi connectivity index (χ0n) is 31.9. The molecular weight excluding hydrogens is 707 g/mol. The molecule has 0 saturated heterocycles. The monoisotopic (exact) mass is 745 g/mol. The van der Waals surface area contributed by atoms with Crippen LogP contribution in [0.3, 0.4) is 0 Å². The van der Waals surface area contributed by atoms with E-state index in [1.807, 2.05) is 11.3 Å². The Morgan fingerprint density at radius 1 is 0.386 bits per heavy atom. The van der Waals surface area contributed by atoms with Crippen LogP contribution in [0, 0.1) is 0 Å². The molecule has 1 aliphatic rings. The maximum Gasteiger partial charge on any atom is 0.0646 e. The van der Waals surface area contributed by atoms with E-state index in [2.05, 4.69) is 219 Å². The van der Waals surface area contributed by atoms with E-state index in [4.69, 9.17) is 0 Å². The summed E-state index contributed by atoms with van der Waals surface area (Å²) in [6.07, 6.45) is 0. The Hall–Kier alpha value is -6.74. The smallest absolute Gasteiger partial charge is 0.0646 e. The zero-order chi connectivity index (χ0) is 38.1. The molecule has 1 aliphatic carbocycles. The van der Waals surface area contributed by atoms with E-state index in [0.717, 1.165) is 11.4 Å². The molecule has 0 unspecified atom stereocenters. The summed E-state index contributed by atoms with van der Waals surface area (Å²) in [4.78, 5) is 2.51. The van der Waals surface area contributed by atoms with Gasteiger partial charge in [-0.15, -0.1) is 11.3 Å². The second-order valence-electron chi connectivity index (χ2n) is 15.7. The van der Waals surface area contributed by atoms with E-state index in [1.54, 1.807) is 0 Å². The van der Waals surface area contributed by atoms with Crippen LogP contribution in [0.5, 0.6) is 0 Å². The maximum absolute atomic E-state index is 2.51. The predicted octanol–water partition coefficient (Wildman–Crippen LogP) is 16.0. The lowest BCUT2D eigenvalue weighted by Crippen LogP contribution is -2.16. The van der Waals surface area contributed by atoms with E-state index in [1.165, 1.54) is 92.3 Å². The summed E-state index contributed by atoms with van der Waals surface area (Å²) < 4.78 is 2.57. The first-order valence-corrected chi connectivity index (χ1v) is 20.6. The van der Waals surface area contributed by atoms with Crippen molar-refractivity contribution in [2.24, 2.45) is 0 Å². The molecule has 0 bridgehead atoms. The van der Waals surface area contributed by atoms with Crippen LogP contribution in [0.2, 0.25) is 0 Å². The van der Waals surface area contributed by atoms with Crippen LogP contribution in [0.25, 0.3) is 75.5 Å². The lowest BCUT2D eigenvalue weighted by molar-refractivity contribution is 0.660. The molecule has 0 fully saturated rings. The van der Waals surface area contributed by atoms with Crippen LogP contribution in [-0.2, 0) is 5.41 Å². The van der Waals surface area contributed by atoms with Gasteiger partial charge >= 0.3 is 0 Å². The van der Waals surface area contributed by atoms with Crippen molar-refractivity contribution in [3.63, 3.8) is 0 Å². The van der Waals surface area contributed by atoms with Gasteiger partial charge in [-0.3, -0.25) is 0 Å². The van der Waals surface area contributed by atoms with Crippen molar-refractivity contribution in [3.05, 3.63) is 211 Å². The van der Waals surface area contributed by atoms with Gasteiger partial charge in [-0.2, -0.15) is 0 Å². The first-order valence-electron chi connectivity index (χ1n) is 19.8. The van der Waals surface area contributed by atoms with E-state index < -0.39 is 0 Å². The lowest BCUT2D eigenvalue weighted by atomic mass is 9.82. The highest BCUT2D eigenvalue weighted by Gasteiger charge is 2.36. The number of anilines is 3. The van der Waals surface area contributed by atoms with Crippen molar-refractivity contribution in [1.29, 1.82) is 0 Å². The fourth-order valence-electron chi connectivity index (χ4n) is 9.15. The van der Waals surface area contributed by atoms with Crippen LogP contribution in [-0.4, -0.2) is 0 Å². The standard InChI is InChI=1S/C55H39NS/c1-55(2)50-21-10-8-18-46(50)47-32-31-43(35-51(47)55)56(42-29-27-40(28-30-42)45-20-12-16-39-15-6-7-17-44(39)45)52-34-41(33-49-48-19-9-11-22-53(48)57-54(49)52)38-25-23-37(24-26-38)36-13-4-3-5-14-36/h3-35H,1-2H3. The summed E-state index contributed by atoms with van der Waals surface area (Å²) in [6.45, 7) is 4.74. The maximum atomic E-state index is 2.51. The summed E-state index contributed by atoms with van der Waals surface area (Å²) in [5.41, 5.74) is 16.0. The SMILES string of the molecule is CC1(C)c2ccccc2-c2ccc(N(c3ccc(-c4cccc5ccccc45)cc3)c3cc(-c4ccc(-c5ccccc5)cc4)cc4c3sc3ccccc34)cc21. The van der Waals surface area contributed by atoms with Crippen molar-refractivity contribution in [2.75, 3.05) is 4.90 Å². The quantitative estimate of drug-likeness (QED) is 0.164. The second kappa shape index (κ2) is 13.2. The highest BCUT2D eigenvalue weighted by Crippen LogP contribution is 2.52. The van der Waals surface area contributed by atoms with E-state index in [-0.39, 0.29) is 5.41 Å².